The smallest absolute Gasteiger partial charge is 0.408 e. The summed E-state index contributed by atoms with van der Waals surface area (Å²) in [5, 5.41) is 11.5. The molecular formula is C13H23NO6S-2. The third kappa shape index (κ3) is 7.01. The Labute approximate surface area is 126 Å². The van der Waals surface area contributed by atoms with Crippen LogP contribution in [-0.2, 0) is 9.53 Å². The normalized spacial score (nSPS) is 22.1. The number of carbonyl (C=O) groups is 2. The van der Waals surface area contributed by atoms with E-state index < -0.39 is 34.3 Å². The predicted molar refractivity (Wildman–Crippen MR) is 77.0 cm³/mol. The summed E-state index contributed by atoms with van der Waals surface area (Å²) in [6.07, 6.45) is 0.298. The number of amides is 1. The van der Waals surface area contributed by atoms with Crippen LogP contribution in [0.4, 0.5) is 4.79 Å². The molecular weight excluding hydrogens is 298 g/mol. The number of hydrogen-bond donors (Lipinski definition) is 2. The monoisotopic (exact) mass is 321 g/mol. The van der Waals surface area contributed by atoms with E-state index in [2.05, 4.69) is 5.32 Å². The van der Waals surface area contributed by atoms with Crippen molar-refractivity contribution in [2.24, 2.45) is 5.92 Å². The summed E-state index contributed by atoms with van der Waals surface area (Å²) in [6.45, 7) is 5.07. The fourth-order valence-electron chi connectivity index (χ4n) is 2.18. The summed E-state index contributed by atoms with van der Waals surface area (Å²) >= 11 is 0. The van der Waals surface area contributed by atoms with E-state index in [1.165, 1.54) is 0 Å². The van der Waals surface area contributed by atoms with Crippen molar-refractivity contribution in [3.05, 3.63) is 0 Å². The van der Waals surface area contributed by atoms with Gasteiger partial charge in [-0.25, -0.2) is 9.59 Å². The van der Waals surface area contributed by atoms with Crippen LogP contribution in [-0.4, -0.2) is 49.4 Å². The van der Waals surface area contributed by atoms with Gasteiger partial charge in [-0.3, -0.25) is 0 Å². The summed E-state index contributed by atoms with van der Waals surface area (Å²) in [7, 11) is -2.98. The SMILES string of the molecule is CC(C)(C)OC(=O)NC(CC1CCS([O-])([O-])CC1)C(=O)O. The van der Waals surface area contributed by atoms with Gasteiger partial charge >= 0.3 is 12.1 Å². The Morgan fingerprint density at radius 2 is 1.86 bits per heavy atom. The fourth-order valence-corrected chi connectivity index (χ4v) is 3.77. The third-order valence-electron chi connectivity index (χ3n) is 3.23. The van der Waals surface area contributed by atoms with Gasteiger partial charge in [-0.15, -0.1) is 0 Å². The van der Waals surface area contributed by atoms with Gasteiger partial charge in [-0.05, 0) is 57.5 Å². The maximum atomic E-state index is 11.6. The molecule has 1 aliphatic rings. The van der Waals surface area contributed by atoms with Crippen molar-refractivity contribution in [3.63, 3.8) is 0 Å². The second-order valence-corrected chi connectivity index (χ2v) is 8.67. The molecule has 21 heavy (non-hydrogen) atoms. The summed E-state index contributed by atoms with van der Waals surface area (Å²) < 4.78 is 27.7. The van der Waals surface area contributed by atoms with E-state index in [0.29, 0.717) is 12.8 Å². The second-order valence-electron chi connectivity index (χ2n) is 6.37. The maximum Gasteiger partial charge on any atom is 0.408 e. The molecule has 0 bridgehead atoms. The molecule has 1 atom stereocenters. The van der Waals surface area contributed by atoms with Crippen LogP contribution in [0.5, 0.6) is 0 Å². The van der Waals surface area contributed by atoms with Crippen molar-refractivity contribution < 1.29 is 28.5 Å². The van der Waals surface area contributed by atoms with Crippen LogP contribution >= 0.6 is 10.6 Å². The van der Waals surface area contributed by atoms with Crippen LogP contribution in [0.3, 0.4) is 0 Å². The quantitative estimate of drug-likeness (QED) is 0.814. The van der Waals surface area contributed by atoms with E-state index in [1.807, 2.05) is 0 Å². The van der Waals surface area contributed by atoms with Crippen molar-refractivity contribution in [3.8, 4) is 0 Å². The standard InChI is InChI=1S/C13H25NO6S/c1-13(2,3)20-12(17)14-10(11(15)16)8-9-4-6-21(18,19)7-5-9/h9-10,18-19H,4-8H2,1-3H3,(H,14,17)(H,15,16)/p-2. The largest absolute Gasteiger partial charge is 0.800 e. The highest BCUT2D eigenvalue weighted by Crippen LogP contribution is 2.46. The molecule has 1 unspecified atom stereocenters. The zero-order valence-corrected chi connectivity index (χ0v) is 13.4. The van der Waals surface area contributed by atoms with Gasteiger partial charge in [0.05, 0.1) is 0 Å². The van der Waals surface area contributed by atoms with Gasteiger partial charge in [-0.2, -0.15) is 0 Å². The Morgan fingerprint density at radius 3 is 2.29 bits per heavy atom. The fraction of sp³-hybridized carbons (Fsp3) is 0.846. The molecule has 2 N–H and O–H groups in total. The van der Waals surface area contributed by atoms with Crippen LogP contribution in [0.2, 0.25) is 0 Å². The number of ether oxygens (including phenoxy) is 1. The molecule has 1 rings (SSSR count). The Hall–Kier alpha value is -0.990. The highest BCUT2D eigenvalue weighted by molar-refractivity contribution is 8.24. The number of nitrogens with one attached hydrogen (secondary N) is 1. The number of hydrogen-bond acceptors (Lipinski definition) is 5. The predicted octanol–water partition coefficient (Wildman–Crippen LogP) is 1.83. The van der Waals surface area contributed by atoms with Crippen molar-refractivity contribution >= 4 is 22.7 Å². The first-order chi connectivity index (χ1) is 9.48. The lowest BCUT2D eigenvalue weighted by Crippen LogP contribution is -2.44. The van der Waals surface area contributed by atoms with E-state index in [1.54, 1.807) is 20.8 Å². The molecule has 0 radical (unpaired) electrons. The van der Waals surface area contributed by atoms with Crippen LogP contribution in [0.1, 0.15) is 40.0 Å². The summed E-state index contributed by atoms with van der Waals surface area (Å²) in [4.78, 5) is 22.8. The number of carboxylic acids is 1. The number of aliphatic carboxylic acids is 1. The van der Waals surface area contributed by atoms with Gasteiger partial charge in [0.15, 0.2) is 0 Å². The minimum atomic E-state index is -2.98. The molecule has 0 saturated carbocycles. The third-order valence-corrected chi connectivity index (χ3v) is 4.95. The first-order valence-electron chi connectivity index (χ1n) is 6.91. The average molecular weight is 321 g/mol. The number of carboxylic acid groups (broad SMARTS) is 1. The summed E-state index contributed by atoms with van der Waals surface area (Å²) in [5.41, 5.74) is -0.702. The lowest BCUT2D eigenvalue weighted by atomic mass is 9.94. The van der Waals surface area contributed by atoms with E-state index >= 15 is 0 Å². The molecule has 0 aromatic carbocycles. The van der Waals surface area contributed by atoms with Crippen molar-refractivity contribution in [1.82, 2.24) is 5.32 Å². The molecule has 1 fully saturated rings. The van der Waals surface area contributed by atoms with Gasteiger partial charge in [0, 0.05) is 0 Å². The topological polar surface area (TPSA) is 122 Å². The molecule has 1 saturated heterocycles. The van der Waals surface area contributed by atoms with Gasteiger partial charge in [0.1, 0.15) is 11.6 Å². The Morgan fingerprint density at radius 1 is 1.33 bits per heavy atom. The lowest BCUT2D eigenvalue weighted by molar-refractivity contribution is -0.140. The number of rotatable bonds is 4. The van der Waals surface area contributed by atoms with Crippen LogP contribution in [0.25, 0.3) is 0 Å². The molecule has 7 nitrogen and oxygen atoms in total. The van der Waals surface area contributed by atoms with Gasteiger partial charge in [-0.1, -0.05) is 0 Å². The van der Waals surface area contributed by atoms with Gasteiger partial charge < -0.3 is 34.9 Å². The second kappa shape index (κ2) is 6.85. The molecule has 0 aromatic rings. The van der Waals surface area contributed by atoms with Crippen LogP contribution in [0.15, 0.2) is 0 Å². The minimum absolute atomic E-state index is 0.0236. The van der Waals surface area contributed by atoms with Crippen LogP contribution < -0.4 is 5.32 Å². The lowest BCUT2D eigenvalue weighted by Gasteiger charge is -2.63. The molecule has 124 valence electrons. The van der Waals surface area contributed by atoms with Gasteiger partial charge in [0.25, 0.3) is 0 Å². The number of sulfone groups is 1. The number of carbonyl (C=O) groups excluding carboxylic acids is 1. The molecule has 1 aliphatic heterocycles. The molecule has 0 spiro atoms. The first-order valence-corrected chi connectivity index (χ1v) is 8.73. The van der Waals surface area contributed by atoms with Crippen molar-refractivity contribution in [1.29, 1.82) is 0 Å². The van der Waals surface area contributed by atoms with Crippen molar-refractivity contribution in [2.75, 3.05) is 11.5 Å². The number of alkyl carbamates (subject to hydrolysis) is 1. The van der Waals surface area contributed by atoms with E-state index in [0.717, 1.165) is 0 Å². The maximum absolute atomic E-state index is 11.6. The van der Waals surface area contributed by atoms with Crippen molar-refractivity contribution in [2.45, 2.75) is 51.7 Å². The summed E-state index contributed by atoms with van der Waals surface area (Å²) in [5.74, 6) is -1.01. The molecule has 8 heteroatoms. The highest BCUT2D eigenvalue weighted by Gasteiger charge is 2.28. The average Bonchev–Trinajstić information content (AvgIpc) is 2.28. The molecule has 1 heterocycles. The zero-order chi connectivity index (χ0) is 16.3. The Kier molecular flexibility index (Phi) is 5.89. The Bertz CT molecular complexity index is 383. The van der Waals surface area contributed by atoms with E-state index in [-0.39, 0.29) is 23.8 Å². The minimum Gasteiger partial charge on any atom is -0.800 e. The molecule has 0 aromatic heterocycles. The Balaban J connectivity index is 2.51. The summed E-state index contributed by atoms with van der Waals surface area (Å²) in [6, 6.07) is -1.06. The molecule has 1 amide bonds. The van der Waals surface area contributed by atoms with E-state index in [4.69, 9.17) is 9.84 Å². The highest BCUT2D eigenvalue weighted by atomic mass is 32.3. The zero-order valence-electron chi connectivity index (χ0n) is 12.6. The first kappa shape index (κ1) is 18.1. The van der Waals surface area contributed by atoms with Gasteiger partial charge in [0.2, 0.25) is 0 Å². The molecule has 0 aliphatic carbocycles. The van der Waals surface area contributed by atoms with E-state index in [9.17, 15) is 18.7 Å². The van der Waals surface area contributed by atoms with Crippen LogP contribution in [0, 0.1) is 5.92 Å².